The van der Waals surface area contributed by atoms with Crippen LogP contribution in [0.15, 0.2) is 0 Å². The van der Waals surface area contributed by atoms with E-state index in [1.807, 2.05) is 0 Å². The maximum atomic E-state index is 6.62. The van der Waals surface area contributed by atoms with Crippen molar-refractivity contribution in [3.05, 3.63) is 0 Å². The molecule has 0 radical (unpaired) electrons. The molecule has 0 aliphatic rings. The van der Waals surface area contributed by atoms with Gasteiger partial charge < -0.3 is 5.48 Å². The van der Waals surface area contributed by atoms with Gasteiger partial charge in [0.15, 0.2) is 0 Å². The Morgan fingerprint density at radius 2 is 1.00 bits per heavy atom. The molecule has 0 atom stereocenters. The third-order valence-corrected chi connectivity index (χ3v) is 0. The molecule has 3 N–H and O–H groups in total. The second kappa shape index (κ2) is 51.2. The third-order valence-electron chi connectivity index (χ3n) is 0. The van der Waals surface area contributed by atoms with Crippen molar-refractivity contribution >= 4 is 0 Å². The number of hydrogen-bond acceptors (Lipinski definition) is 1. The van der Waals surface area contributed by atoms with Crippen molar-refractivity contribution in [2.45, 2.75) is 0 Å². The molecule has 0 spiro atoms. The molecule has 0 aliphatic carbocycles. The summed E-state index contributed by atoms with van der Waals surface area (Å²) in [6, 6.07) is 0. The van der Waals surface area contributed by atoms with Crippen LogP contribution in [-0.2, 0) is 49.9 Å². The van der Waals surface area contributed by atoms with Crippen molar-refractivity contribution < 1.29 is 59.6 Å². The van der Waals surface area contributed by atoms with Crippen LogP contribution in [0.4, 0.5) is 0 Å². The monoisotopic (exact) mass is 205 g/mol. The van der Waals surface area contributed by atoms with E-state index >= 15 is 0 Å². The molecule has 0 saturated carbocycles. The zero-order valence-corrected chi connectivity index (χ0v) is 5.17. The molecule has 0 amide bonds. The van der Waals surface area contributed by atoms with Crippen LogP contribution in [0, 0.1) is 0 Å². The van der Waals surface area contributed by atoms with Crippen LogP contribution in [0.1, 0.15) is 0 Å². The molecule has 0 aliphatic heterocycles. The van der Waals surface area contributed by atoms with E-state index in [1.165, 1.54) is 0 Å². The molecule has 0 rings (SSSR count). The van der Waals surface area contributed by atoms with Gasteiger partial charge in [-0.3, -0.25) is 0 Å². The number of hydrogen-bond donors (Lipinski definition) is 1. The molecule has 5 heavy (non-hydrogen) atoms. The van der Waals surface area contributed by atoms with Crippen LogP contribution in [-0.4, -0.2) is 9.73 Å². The standard InChI is InChI=1S/2Fe.Ni.2H2O/h;;;2*1H2/q;;+1;;/p-1. The fourth-order valence-electron chi connectivity index (χ4n) is 0. The van der Waals surface area contributed by atoms with E-state index < -0.39 is 0 Å². The van der Waals surface area contributed by atoms with Gasteiger partial charge in [-0.1, -0.05) is 0 Å². The summed E-state index contributed by atoms with van der Waals surface area (Å²) in [6.45, 7) is 0. The summed E-state index contributed by atoms with van der Waals surface area (Å²) in [5.74, 6) is 0. The van der Waals surface area contributed by atoms with E-state index in [1.54, 1.807) is 0 Å². The Hall–Kier alpha value is 1.45. The Bertz CT molecular complexity index is 7.61. The first-order valence-electron chi connectivity index (χ1n) is 0.141. The van der Waals surface area contributed by atoms with E-state index in [-0.39, 0.29) is 39.6 Å². The van der Waals surface area contributed by atoms with Gasteiger partial charge in [0.1, 0.15) is 0 Å². The van der Waals surface area contributed by atoms with E-state index in [4.69, 9.17) is 4.25 Å². The fraction of sp³-hybridized carbons (Fsp3) is 0. The van der Waals surface area contributed by atoms with Crippen molar-refractivity contribution in [2.24, 2.45) is 0 Å². The quantitative estimate of drug-likeness (QED) is 0.487. The topological polar surface area (TPSA) is 51.7 Å². The Labute approximate surface area is 59.6 Å². The van der Waals surface area contributed by atoms with E-state index in [0.29, 0.717) is 0 Å². The first-order chi connectivity index (χ1) is 1.00. The molecule has 0 heterocycles. The molecule has 0 unspecified atom stereocenters. The molecular weight excluding hydrogens is 202 g/mol. The second-order valence-electron chi connectivity index (χ2n) is 0. The Balaban J connectivity index is -0.00000000167. The maximum absolute atomic E-state index is 6.62. The molecule has 5 heteroatoms. The fourth-order valence-corrected chi connectivity index (χ4v) is 0. The van der Waals surface area contributed by atoms with Gasteiger partial charge in [0.05, 0.1) is 0 Å². The van der Waals surface area contributed by atoms with E-state index in [0.717, 1.165) is 0 Å². The average molecular weight is 205 g/mol. The summed E-state index contributed by atoms with van der Waals surface area (Å²) in [4.78, 5) is 0. The van der Waals surface area contributed by atoms with Crippen molar-refractivity contribution in [1.82, 2.24) is 0 Å². The zero-order chi connectivity index (χ0) is 2.00. The minimum atomic E-state index is 0. The first-order valence-corrected chi connectivity index (χ1v) is 0.583. The first kappa shape index (κ1) is 31.9. The molecule has 2 nitrogen and oxygen atoms in total. The van der Waals surface area contributed by atoms with E-state index in [9.17, 15) is 0 Å². The van der Waals surface area contributed by atoms with Crippen LogP contribution in [0.5, 0.6) is 0 Å². The van der Waals surface area contributed by atoms with Gasteiger partial charge in [-0.05, 0) is 0 Å². The summed E-state index contributed by atoms with van der Waals surface area (Å²) < 4.78 is 6.62. The molecule has 0 bridgehead atoms. The van der Waals surface area contributed by atoms with Gasteiger partial charge in [0.25, 0.3) is 0 Å². The number of rotatable bonds is 0. The van der Waals surface area contributed by atoms with Crippen LogP contribution < -0.4 is 0 Å². The molecule has 0 fully saturated rings. The molecule has 0 aromatic heterocycles. The van der Waals surface area contributed by atoms with Crippen molar-refractivity contribution in [2.75, 3.05) is 0 Å². The van der Waals surface area contributed by atoms with Crippen molar-refractivity contribution in [3.63, 3.8) is 0 Å². The molecule has 0 aromatic carbocycles. The van der Waals surface area contributed by atoms with Gasteiger partial charge in [0, 0.05) is 34.1 Å². The predicted octanol–water partition coefficient (Wildman–Crippen LogP) is -1.39. The molecule has 0 saturated heterocycles. The Morgan fingerprint density at radius 3 is 1.00 bits per heavy atom. The molecular formula is H3Fe2NiO2. The second-order valence-corrected chi connectivity index (χ2v) is 0. The van der Waals surface area contributed by atoms with Gasteiger partial charge in [-0.2, -0.15) is 0 Å². The van der Waals surface area contributed by atoms with Crippen molar-refractivity contribution in [3.8, 4) is 0 Å². The SMILES string of the molecule is O.[Fe].[Fe].[OH][Ni]. The minimum absolute atomic E-state index is 0. The average Bonchev–Trinajstić information content (AvgIpc) is 1.00. The predicted molar refractivity (Wildman–Crippen MR) is 5.83 cm³/mol. The summed E-state index contributed by atoms with van der Waals surface area (Å²) in [7, 11) is 0. The van der Waals surface area contributed by atoms with Gasteiger partial charge >= 0.3 is 20.0 Å². The Morgan fingerprint density at radius 1 is 1.00 bits per heavy atom. The van der Waals surface area contributed by atoms with Crippen LogP contribution in [0.2, 0.25) is 0 Å². The van der Waals surface area contributed by atoms with Gasteiger partial charge in [-0.15, -0.1) is 0 Å². The summed E-state index contributed by atoms with van der Waals surface area (Å²) in [5.41, 5.74) is 0. The Kier molecular flexibility index (Phi) is 327. The zero-order valence-electron chi connectivity index (χ0n) is 1.97. The van der Waals surface area contributed by atoms with Crippen LogP contribution in [0.3, 0.4) is 0 Å². The molecule has 41 valence electrons. The third kappa shape index (κ3) is 30.8. The van der Waals surface area contributed by atoms with Gasteiger partial charge in [-0.25, -0.2) is 0 Å². The summed E-state index contributed by atoms with van der Waals surface area (Å²) in [5, 5.41) is 0. The van der Waals surface area contributed by atoms with Gasteiger partial charge in [0.2, 0.25) is 0 Å². The van der Waals surface area contributed by atoms with Crippen molar-refractivity contribution in [1.29, 1.82) is 0 Å². The van der Waals surface area contributed by atoms with E-state index in [2.05, 4.69) is 15.8 Å². The normalized spacial score (nSPS) is 1.40. The summed E-state index contributed by atoms with van der Waals surface area (Å²) >= 11 is 2.88. The van der Waals surface area contributed by atoms with Crippen LogP contribution in [0.25, 0.3) is 0 Å². The molecule has 0 aromatic rings. The van der Waals surface area contributed by atoms with Crippen LogP contribution >= 0.6 is 0 Å². The summed E-state index contributed by atoms with van der Waals surface area (Å²) in [6.07, 6.45) is 0.